The fourth-order valence-corrected chi connectivity index (χ4v) is 2.59. The molecule has 1 aromatic carbocycles. The molecule has 1 aliphatic rings. The molecule has 1 fully saturated rings. The van der Waals surface area contributed by atoms with Crippen molar-refractivity contribution >= 4 is 11.4 Å². The number of rotatable bonds is 3. The van der Waals surface area contributed by atoms with Gasteiger partial charge in [-0.3, -0.25) is 10.1 Å². The van der Waals surface area contributed by atoms with Crippen LogP contribution in [-0.4, -0.2) is 49.2 Å². The monoisotopic (exact) mass is 264 g/mol. The van der Waals surface area contributed by atoms with E-state index in [1.807, 2.05) is 12.1 Å². The van der Waals surface area contributed by atoms with Gasteiger partial charge >= 0.3 is 0 Å². The van der Waals surface area contributed by atoms with Crippen molar-refractivity contribution in [1.82, 2.24) is 0 Å². The molecular formula is C14H22N3O2+. The van der Waals surface area contributed by atoms with Crippen LogP contribution in [0.5, 0.6) is 0 Å². The summed E-state index contributed by atoms with van der Waals surface area (Å²) in [5, 5.41) is 10.7. The molecule has 19 heavy (non-hydrogen) atoms. The van der Waals surface area contributed by atoms with Crippen LogP contribution in [0, 0.1) is 10.1 Å². The van der Waals surface area contributed by atoms with Gasteiger partial charge in [-0.05, 0) is 19.1 Å². The molecule has 1 atom stereocenters. The van der Waals surface area contributed by atoms with E-state index in [9.17, 15) is 10.1 Å². The molecule has 0 saturated carbocycles. The Morgan fingerprint density at radius 1 is 1.26 bits per heavy atom. The highest BCUT2D eigenvalue weighted by Gasteiger charge is 2.24. The lowest BCUT2D eigenvalue weighted by Crippen LogP contribution is -2.46. The van der Waals surface area contributed by atoms with E-state index in [1.54, 1.807) is 12.1 Å². The summed E-state index contributed by atoms with van der Waals surface area (Å²) in [6.07, 6.45) is 1.17. The smallest absolute Gasteiger partial charge is 0.269 e. The molecule has 1 heterocycles. The number of hydrogen-bond acceptors (Lipinski definition) is 3. The SMILES string of the molecule is CC[N+]1(C)CCCN(c2ccc([N+](=O)[O-])cc2)CC1. The summed E-state index contributed by atoms with van der Waals surface area (Å²) in [7, 11) is 2.30. The quantitative estimate of drug-likeness (QED) is 0.478. The molecule has 0 aromatic heterocycles. The van der Waals surface area contributed by atoms with Crippen LogP contribution in [-0.2, 0) is 0 Å². The molecule has 0 amide bonds. The van der Waals surface area contributed by atoms with E-state index in [1.165, 1.54) is 13.0 Å². The van der Waals surface area contributed by atoms with E-state index in [0.717, 1.165) is 36.3 Å². The molecule has 0 radical (unpaired) electrons. The Labute approximate surface area is 114 Å². The number of anilines is 1. The number of quaternary nitrogens is 1. The maximum atomic E-state index is 10.7. The minimum absolute atomic E-state index is 0.160. The zero-order valence-electron chi connectivity index (χ0n) is 11.7. The van der Waals surface area contributed by atoms with E-state index in [0.29, 0.717) is 0 Å². The van der Waals surface area contributed by atoms with Crippen LogP contribution in [0.15, 0.2) is 24.3 Å². The highest BCUT2D eigenvalue weighted by molar-refractivity contribution is 5.50. The first-order valence-corrected chi connectivity index (χ1v) is 6.87. The van der Waals surface area contributed by atoms with Gasteiger partial charge < -0.3 is 9.38 Å². The third-order valence-electron chi connectivity index (χ3n) is 4.22. The number of nitro benzene ring substituents is 1. The lowest BCUT2D eigenvalue weighted by molar-refractivity contribution is -0.905. The maximum absolute atomic E-state index is 10.7. The normalized spacial score (nSPS) is 24.0. The zero-order chi connectivity index (χ0) is 13.9. The van der Waals surface area contributed by atoms with E-state index in [2.05, 4.69) is 18.9 Å². The van der Waals surface area contributed by atoms with Gasteiger partial charge in [-0.25, -0.2) is 0 Å². The van der Waals surface area contributed by atoms with E-state index >= 15 is 0 Å². The summed E-state index contributed by atoms with van der Waals surface area (Å²) >= 11 is 0. The van der Waals surface area contributed by atoms with Crippen LogP contribution in [0.4, 0.5) is 11.4 Å². The molecular weight excluding hydrogens is 242 g/mol. The van der Waals surface area contributed by atoms with Gasteiger partial charge in [-0.1, -0.05) is 0 Å². The number of nitrogens with zero attached hydrogens (tertiary/aromatic N) is 3. The summed E-state index contributed by atoms with van der Waals surface area (Å²) in [6, 6.07) is 6.90. The predicted octanol–water partition coefficient (Wildman–Crippen LogP) is 2.27. The molecule has 0 spiro atoms. The average molecular weight is 264 g/mol. The molecule has 0 N–H and O–H groups in total. The highest BCUT2D eigenvalue weighted by atomic mass is 16.6. The molecule has 1 aliphatic heterocycles. The Morgan fingerprint density at radius 2 is 1.95 bits per heavy atom. The molecule has 104 valence electrons. The minimum Gasteiger partial charge on any atom is -0.366 e. The van der Waals surface area contributed by atoms with Crippen LogP contribution in [0.25, 0.3) is 0 Å². The Bertz CT molecular complexity index is 447. The van der Waals surface area contributed by atoms with Crippen LogP contribution < -0.4 is 4.90 Å². The maximum Gasteiger partial charge on any atom is 0.269 e. The average Bonchev–Trinajstić information content (AvgIpc) is 2.62. The lowest BCUT2D eigenvalue weighted by Gasteiger charge is -2.32. The molecule has 5 heteroatoms. The third kappa shape index (κ3) is 3.23. The van der Waals surface area contributed by atoms with Crippen molar-refractivity contribution in [3.05, 3.63) is 34.4 Å². The van der Waals surface area contributed by atoms with Gasteiger partial charge in [-0.15, -0.1) is 0 Å². The van der Waals surface area contributed by atoms with Crippen molar-refractivity contribution in [2.75, 3.05) is 44.7 Å². The Kier molecular flexibility index (Phi) is 4.04. The number of benzene rings is 1. The van der Waals surface area contributed by atoms with Gasteiger partial charge in [0.15, 0.2) is 0 Å². The second-order valence-corrected chi connectivity index (χ2v) is 5.50. The first kappa shape index (κ1) is 13.8. The van der Waals surface area contributed by atoms with Crippen LogP contribution >= 0.6 is 0 Å². The first-order valence-electron chi connectivity index (χ1n) is 6.87. The molecule has 1 aromatic rings. The molecule has 0 aliphatic carbocycles. The summed E-state index contributed by atoms with van der Waals surface area (Å²) < 4.78 is 1.11. The number of non-ortho nitro benzene ring substituents is 1. The fraction of sp³-hybridized carbons (Fsp3) is 0.571. The second kappa shape index (κ2) is 5.57. The van der Waals surface area contributed by atoms with Crippen LogP contribution in [0.3, 0.4) is 0 Å². The zero-order valence-corrected chi connectivity index (χ0v) is 11.7. The van der Waals surface area contributed by atoms with Crippen molar-refractivity contribution < 1.29 is 9.41 Å². The topological polar surface area (TPSA) is 46.4 Å². The van der Waals surface area contributed by atoms with Gasteiger partial charge in [0.25, 0.3) is 5.69 Å². The van der Waals surface area contributed by atoms with Crippen LogP contribution in [0.1, 0.15) is 13.3 Å². The van der Waals surface area contributed by atoms with E-state index < -0.39 is 0 Å². The van der Waals surface area contributed by atoms with Gasteiger partial charge in [0, 0.05) is 30.8 Å². The number of nitro groups is 1. The lowest BCUT2D eigenvalue weighted by atomic mass is 10.2. The van der Waals surface area contributed by atoms with Crippen molar-refractivity contribution in [1.29, 1.82) is 0 Å². The van der Waals surface area contributed by atoms with Crippen molar-refractivity contribution in [3.63, 3.8) is 0 Å². The van der Waals surface area contributed by atoms with Crippen molar-refractivity contribution in [2.24, 2.45) is 0 Å². The van der Waals surface area contributed by atoms with Gasteiger partial charge in [0.05, 0.1) is 38.2 Å². The predicted molar refractivity (Wildman–Crippen MR) is 76.4 cm³/mol. The largest absolute Gasteiger partial charge is 0.366 e. The fourth-order valence-electron chi connectivity index (χ4n) is 2.59. The second-order valence-electron chi connectivity index (χ2n) is 5.50. The Hall–Kier alpha value is -1.62. The molecule has 0 bridgehead atoms. The Balaban J connectivity index is 2.08. The van der Waals surface area contributed by atoms with Crippen molar-refractivity contribution in [3.8, 4) is 0 Å². The van der Waals surface area contributed by atoms with E-state index in [-0.39, 0.29) is 10.6 Å². The van der Waals surface area contributed by atoms with Crippen molar-refractivity contribution in [2.45, 2.75) is 13.3 Å². The van der Waals surface area contributed by atoms with Crippen LogP contribution in [0.2, 0.25) is 0 Å². The summed E-state index contributed by atoms with van der Waals surface area (Å²) in [5.41, 5.74) is 1.25. The molecule has 1 saturated heterocycles. The summed E-state index contributed by atoms with van der Waals surface area (Å²) in [4.78, 5) is 12.6. The highest BCUT2D eigenvalue weighted by Crippen LogP contribution is 2.21. The number of likely N-dealkylation sites (N-methyl/N-ethyl adjacent to an activating group) is 1. The van der Waals surface area contributed by atoms with Gasteiger partial charge in [0.2, 0.25) is 0 Å². The third-order valence-corrected chi connectivity index (χ3v) is 4.22. The van der Waals surface area contributed by atoms with Gasteiger partial charge in [-0.2, -0.15) is 0 Å². The summed E-state index contributed by atoms with van der Waals surface area (Å²) in [5.74, 6) is 0. The molecule has 1 unspecified atom stereocenters. The first-order chi connectivity index (χ1) is 9.04. The molecule has 2 rings (SSSR count). The Morgan fingerprint density at radius 3 is 2.53 bits per heavy atom. The van der Waals surface area contributed by atoms with Gasteiger partial charge in [0.1, 0.15) is 0 Å². The summed E-state index contributed by atoms with van der Waals surface area (Å²) in [6.45, 7) is 7.79. The number of hydrogen-bond donors (Lipinski definition) is 0. The van der Waals surface area contributed by atoms with E-state index in [4.69, 9.17) is 0 Å². The minimum atomic E-state index is -0.350. The standard InChI is InChI=1S/C14H22N3O2/c1-3-17(2)11-4-9-15(10-12-17)13-5-7-14(8-6-13)16(18)19/h5-8H,3-4,9-12H2,1-2H3/q+1. The molecule has 5 nitrogen and oxygen atoms in total.